The Morgan fingerprint density at radius 1 is 1.22 bits per heavy atom. The van der Waals surface area contributed by atoms with Gasteiger partial charge >= 0.3 is 0 Å². The molecule has 2 heterocycles. The summed E-state index contributed by atoms with van der Waals surface area (Å²) in [6.45, 7) is 1.42. The predicted molar refractivity (Wildman–Crippen MR) is 71.6 cm³/mol. The number of rotatable bonds is 2. The molecule has 1 aliphatic heterocycles. The van der Waals surface area contributed by atoms with Crippen molar-refractivity contribution >= 4 is 0 Å². The molecule has 0 amide bonds. The summed E-state index contributed by atoms with van der Waals surface area (Å²) in [4.78, 5) is 4.05. The van der Waals surface area contributed by atoms with E-state index >= 15 is 0 Å². The van der Waals surface area contributed by atoms with Gasteiger partial charge in [0.25, 0.3) is 0 Å². The summed E-state index contributed by atoms with van der Waals surface area (Å²) < 4.78 is 5.87. The molecule has 1 aliphatic rings. The van der Waals surface area contributed by atoms with Gasteiger partial charge in [0.2, 0.25) is 0 Å². The average molecular weight is 240 g/mol. The van der Waals surface area contributed by atoms with Gasteiger partial charge < -0.3 is 10.5 Å². The van der Waals surface area contributed by atoms with Gasteiger partial charge in [0.05, 0.1) is 6.61 Å². The zero-order valence-electron chi connectivity index (χ0n) is 10.2. The molecule has 1 aromatic carbocycles. The maximum Gasteiger partial charge on any atom is 0.130 e. The quantitative estimate of drug-likeness (QED) is 0.877. The van der Waals surface area contributed by atoms with E-state index in [2.05, 4.69) is 23.2 Å². The molecule has 0 saturated carbocycles. The van der Waals surface area contributed by atoms with Crippen LogP contribution in [0.5, 0.6) is 5.75 Å². The molecule has 3 heteroatoms. The van der Waals surface area contributed by atoms with Crippen molar-refractivity contribution in [3.05, 3.63) is 48.3 Å². The van der Waals surface area contributed by atoms with Crippen molar-refractivity contribution in [2.45, 2.75) is 12.3 Å². The predicted octanol–water partition coefficient (Wildman–Crippen LogP) is 2.57. The topological polar surface area (TPSA) is 48.1 Å². The van der Waals surface area contributed by atoms with E-state index in [4.69, 9.17) is 10.5 Å². The van der Waals surface area contributed by atoms with Gasteiger partial charge in [0.15, 0.2) is 0 Å². The minimum atomic E-state index is 0.413. The van der Waals surface area contributed by atoms with Gasteiger partial charge in [0, 0.05) is 23.9 Å². The van der Waals surface area contributed by atoms with E-state index < -0.39 is 0 Å². The Hall–Kier alpha value is -1.87. The summed E-state index contributed by atoms with van der Waals surface area (Å²) in [6, 6.07) is 10.3. The number of nitrogens with two attached hydrogens (primary N) is 1. The van der Waals surface area contributed by atoms with Crippen LogP contribution in [0, 0.1) is 0 Å². The minimum absolute atomic E-state index is 0.413. The second kappa shape index (κ2) is 4.78. The first kappa shape index (κ1) is 11.2. The Kier molecular flexibility index (Phi) is 2.99. The smallest absolute Gasteiger partial charge is 0.130 e. The third-order valence-electron chi connectivity index (χ3n) is 3.47. The summed E-state index contributed by atoms with van der Waals surface area (Å²) >= 11 is 0. The normalized spacial score (nSPS) is 17.9. The fraction of sp³-hybridized carbons (Fsp3) is 0.267. The third kappa shape index (κ3) is 1.87. The van der Waals surface area contributed by atoms with Gasteiger partial charge in [-0.1, -0.05) is 18.2 Å². The summed E-state index contributed by atoms with van der Waals surface area (Å²) in [6.07, 6.45) is 4.61. The van der Waals surface area contributed by atoms with Gasteiger partial charge in [-0.15, -0.1) is 0 Å². The number of ether oxygens (including phenoxy) is 1. The first-order valence-electron chi connectivity index (χ1n) is 6.26. The zero-order chi connectivity index (χ0) is 12.4. The van der Waals surface area contributed by atoms with E-state index in [-0.39, 0.29) is 0 Å². The zero-order valence-corrected chi connectivity index (χ0v) is 10.2. The number of nitrogens with zero attached hydrogens (tertiary/aromatic N) is 1. The maximum absolute atomic E-state index is 5.87. The highest BCUT2D eigenvalue weighted by Crippen LogP contribution is 2.40. The van der Waals surface area contributed by atoms with Gasteiger partial charge in [-0.2, -0.15) is 0 Å². The standard InChI is InChI=1S/C15H16N2O/c16-10-12-6-9-18-15-13(2-1-3-14(12)15)11-4-7-17-8-5-11/h1-5,7-8,12H,6,9-10,16H2. The van der Waals surface area contributed by atoms with Crippen LogP contribution in [0.25, 0.3) is 11.1 Å². The average Bonchev–Trinajstić information content (AvgIpc) is 2.47. The molecule has 3 rings (SSSR count). The van der Waals surface area contributed by atoms with Crippen molar-refractivity contribution in [1.29, 1.82) is 0 Å². The Labute approximate surface area is 107 Å². The Balaban J connectivity index is 2.12. The number of fused-ring (bicyclic) bond motifs is 1. The molecule has 3 nitrogen and oxygen atoms in total. The number of aromatic nitrogens is 1. The molecule has 0 spiro atoms. The van der Waals surface area contributed by atoms with Crippen LogP contribution < -0.4 is 10.5 Å². The molecular weight excluding hydrogens is 224 g/mol. The lowest BCUT2D eigenvalue weighted by atomic mass is 9.90. The van der Waals surface area contributed by atoms with E-state index in [1.807, 2.05) is 12.1 Å². The monoisotopic (exact) mass is 240 g/mol. The minimum Gasteiger partial charge on any atom is -0.493 e. The molecule has 1 aromatic heterocycles. The van der Waals surface area contributed by atoms with E-state index in [1.54, 1.807) is 12.4 Å². The molecule has 18 heavy (non-hydrogen) atoms. The number of para-hydroxylation sites is 1. The molecule has 0 aliphatic carbocycles. The van der Waals surface area contributed by atoms with Crippen LogP contribution in [-0.4, -0.2) is 18.1 Å². The molecule has 1 unspecified atom stereocenters. The third-order valence-corrected chi connectivity index (χ3v) is 3.47. The Morgan fingerprint density at radius 3 is 2.83 bits per heavy atom. The van der Waals surface area contributed by atoms with Crippen molar-refractivity contribution in [2.24, 2.45) is 5.73 Å². The second-order valence-corrected chi connectivity index (χ2v) is 4.53. The number of hydrogen-bond donors (Lipinski definition) is 1. The van der Waals surface area contributed by atoms with Crippen LogP contribution in [0.1, 0.15) is 17.9 Å². The number of hydrogen-bond acceptors (Lipinski definition) is 3. The Morgan fingerprint density at radius 2 is 2.06 bits per heavy atom. The highest BCUT2D eigenvalue weighted by atomic mass is 16.5. The van der Waals surface area contributed by atoms with Crippen LogP contribution in [0.4, 0.5) is 0 Å². The van der Waals surface area contributed by atoms with Gasteiger partial charge in [-0.3, -0.25) is 4.98 Å². The summed E-state index contributed by atoms with van der Waals surface area (Å²) in [5.41, 5.74) is 9.35. The molecule has 92 valence electrons. The number of benzene rings is 1. The highest BCUT2D eigenvalue weighted by Gasteiger charge is 2.22. The molecule has 2 aromatic rings. The van der Waals surface area contributed by atoms with E-state index in [1.165, 1.54) is 5.56 Å². The highest BCUT2D eigenvalue weighted by molar-refractivity contribution is 5.72. The van der Waals surface area contributed by atoms with Gasteiger partial charge in [-0.05, 0) is 36.2 Å². The van der Waals surface area contributed by atoms with E-state index in [0.29, 0.717) is 12.5 Å². The fourth-order valence-electron chi connectivity index (χ4n) is 2.50. The van der Waals surface area contributed by atoms with Crippen molar-refractivity contribution in [3.63, 3.8) is 0 Å². The van der Waals surface area contributed by atoms with Gasteiger partial charge in [0.1, 0.15) is 5.75 Å². The number of pyridine rings is 1. The lowest BCUT2D eigenvalue weighted by Crippen LogP contribution is -2.21. The summed E-state index contributed by atoms with van der Waals surface area (Å²) in [5.74, 6) is 1.40. The largest absolute Gasteiger partial charge is 0.493 e. The van der Waals surface area contributed by atoms with Crippen molar-refractivity contribution < 1.29 is 4.74 Å². The Bertz CT molecular complexity index is 539. The fourth-order valence-corrected chi connectivity index (χ4v) is 2.50. The summed E-state index contributed by atoms with van der Waals surface area (Å²) in [7, 11) is 0. The van der Waals surface area contributed by atoms with E-state index in [0.717, 1.165) is 29.9 Å². The second-order valence-electron chi connectivity index (χ2n) is 4.53. The molecule has 1 atom stereocenters. The van der Waals surface area contributed by atoms with Crippen LogP contribution in [-0.2, 0) is 0 Å². The van der Waals surface area contributed by atoms with Crippen LogP contribution in [0.15, 0.2) is 42.7 Å². The molecule has 2 N–H and O–H groups in total. The maximum atomic E-state index is 5.87. The molecule has 0 radical (unpaired) electrons. The lowest BCUT2D eigenvalue weighted by molar-refractivity contribution is 0.270. The van der Waals surface area contributed by atoms with Crippen molar-refractivity contribution in [1.82, 2.24) is 4.98 Å². The lowest BCUT2D eigenvalue weighted by Gasteiger charge is -2.26. The van der Waals surface area contributed by atoms with Crippen molar-refractivity contribution in [3.8, 4) is 16.9 Å². The van der Waals surface area contributed by atoms with Gasteiger partial charge in [-0.25, -0.2) is 0 Å². The first-order valence-corrected chi connectivity index (χ1v) is 6.26. The SMILES string of the molecule is NCC1CCOc2c(-c3ccncc3)cccc21. The van der Waals surface area contributed by atoms with Crippen LogP contribution in [0.3, 0.4) is 0 Å². The summed E-state index contributed by atoms with van der Waals surface area (Å²) in [5, 5.41) is 0. The molecular formula is C15H16N2O. The molecule has 0 bridgehead atoms. The van der Waals surface area contributed by atoms with Crippen molar-refractivity contribution in [2.75, 3.05) is 13.2 Å². The molecule has 0 fully saturated rings. The van der Waals surface area contributed by atoms with Crippen LogP contribution >= 0.6 is 0 Å². The molecule has 0 saturated heterocycles. The van der Waals surface area contributed by atoms with Crippen LogP contribution in [0.2, 0.25) is 0 Å². The first-order chi connectivity index (χ1) is 8.90. The van der Waals surface area contributed by atoms with E-state index in [9.17, 15) is 0 Å².